The lowest BCUT2D eigenvalue weighted by molar-refractivity contribution is 0.414. The van der Waals surface area contributed by atoms with Crippen molar-refractivity contribution < 1.29 is 4.74 Å². The standard InChI is InChI=1S/C16H16ClN3O/c1-11-6-7-14-16(18-11)20(15(9-17)19-14)10-12-4-3-5-13(8-12)21-2/h3-8H,9-10H2,1-2H3. The van der Waals surface area contributed by atoms with Crippen molar-refractivity contribution in [1.29, 1.82) is 0 Å². The quantitative estimate of drug-likeness (QED) is 0.692. The maximum absolute atomic E-state index is 6.03. The molecule has 0 amide bonds. The molecular weight excluding hydrogens is 286 g/mol. The minimum Gasteiger partial charge on any atom is -0.497 e. The van der Waals surface area contributed by atoms with Gasteiger partial charge in [-0.2, -0.15) is 0 Å². The summed E-state index contributed by atoms with van der Waals surface area (Å²) < 4.78 is 7.33. The summed E-state index contributed by atoms with van der Waals surface area (Å²) in [7, 11) is 1.67. The molecule has 0 saturated heterocycles. The molecule has 1 aromatic carbocycles. The topological polar surface area (TPSA) is 39.9 Å². The van der Waals surface area contributed by atoms with E-state index in [1.165, 1.54) is 0 Å². The highest BCUT2D eigenvalue weighted by Crippen LogP contribution is 2.20. The number of alkyl halides is 1. The molecule has 2 aromatic heterocycles. The van der Waals surface area contributed by atoms with E-state index in [0.29, 0.717) is 12.4 Å². The van der Waals surface area contributed by atoms with E-state index in [0.717, 1.165) is 34.0 Å². The summed E-state index contributed by atoms with van der Waals surface area (Å²) in [5, 5.41) is 0. The van der Waals surface area contributed by atoms with E-state index in [9.17, 15) is 0 Å². The summed E-state index contributed by atoms with van der Waals surface area (Å²) in [6, 6.07) is 11.9. The van der Waals surface area contributed by atoms with E-state index in [-0.39, 0.29) is 0 Å². The Balaban J connectivity index is 2.07. The lowest BCUT2D eigenvalue weighted by Gasteiger charge is -2.09. The second-order valence-corrected chi connectivity index (χ2v) is 5.16. The zero-order valence-corrected chi connectivity index (χ0v) is 12.8. The maximum atomic E-state index is 6.03. The molecule has 3 aromatic rings. The van der Waals surface area contributed by atoms with Crippen LogP contribution in [0.2, 0.25) is 0 Å². The molecule has 0 bridgehead atoms. The van der Waals surface area contributed by atoms with Gasteiger partial charge in [0.25, 0.3) is 0 Å². The first-order valence-electron chi connectivity index (χ1n) is 6.73. The number of aryl methyl sites for hydroxylation is 1. The van der Waals surface area contributed by atoms with Gasteiger partial charge in [0.1, 0.15) is 17.1 Å². The molecule has 4 nitrogen and oxygen atoms in total. The van der Waals surface area contributed by atoms with Crippen LogP contribution in [0.15, 0.2) is 36.4 Å². The Bertz CT molecular complexity index is 782. The highest BCUT2D eigenvalue weighted by atomic mass is 35.5. The normalized spacial score (nSPS) is 11.0. The highest BCUT2D eigenvalue weighted by Gasteiger charge is 2.12. The van der Waals surface area contributed by atoms with E-state index < -0.39 is 0 Å². The summed E-state index contributed by atoms with van der Waals surface area (Å²) in [4.78, 5) is 9.14. The number of fused-ring (bicyclic) bond motifs is 1. The van der Waals surface area contributed by atoms with Crippen LogP contribution in [0.1, 0.15) is 17.1 Å². The average molecular weight is 302 g/mol. The molecule has 0 radical (unpaired) electrons. The number of aromatic nitrogens is 3. The van der Waals surface area contributed by atoms with E-state index in [2.05, 4.69) is 20.6 Å². The largest absolute Gasteiger partial charge is 0.497 e. The molecule has 0 fully saturated rings. The molecule has 3 rings (SSSR count). The van der Waals surface area contributed by atoms with Gasteiger partial charge >= 0.3 is 0 Å². The molecule has 2 heterocycles. The smallest absolute Gasteiger partial charge is 0.160 e. The number of halogens is 1. The average Bonchev–Trinajstić information content (AvgIpc) is 2.85. The Morgan fingerprint density at radius 3 is 2.81 bits per heavy atom. The molecule has 0 spiro atoms. The van der Waals surface area contributed by atoms with Crippen molar-refractivity contribution in [2.24, 2.45) is 0 Å². The van der Waals surface area contributed by atoms with Crippen LogP contribution in [0.5, 0.6) is 5.75 Å². The van der Waals surface area contributed by atoms with Gasteiger partial charge in [0.15, 0.2) is 5.65 Å². The van der Waals surface area contributed by atoms with Crippen LogP contribution >= 0.6 is 11.6 Å². The summed E-state index contributed by atoms with van der Waals surface area (Å²) in [6.07, 6.45) is 0. The zero-order chi connectivity index (χ0) is 14.8. The molecule has 0 atom stereocenters. The molecule has 108 valence electrons. The first-order valence-corrected chi connectivity index (χ1v) is 7.26. The van der Waals surface area contributed by atoms with Crippen LogP contribution in [0.3, 0.4) is 0 Å². The van der Waals surface area contributed by atoms with Crippen molar-refractivity contribution in [3.63, 3.8) is 0 Å². The van der Waals surface area contributed by atoms with E-state index in [1.54, 1.807) is 7.11 Å². The fourth-order valence-corrected chi connectivity index (χ4v) is 2.57. The molecule has 0 aliphatic carbocycles. The van der Waals surface area contributed by atoms with Gasteiger partial charge in [0.05, 0.1) is 19.5 Å². The molecule has 0 unspecified atom stereocenters. The van der Waals surface area contributed by atoms with Crippen molar-refractivity contribution in [3.8, 4) is 5.75 Å². The molecule has 0 saturated carbocycles. The predicted octanol–water partition coefficient (Wildman–Crippen LogP) is 3.54. The highest BCUT2D eigenvalue weighted by molar-refractivity contribution is 6.16. The summed E-state index contributed by atoms with van der Waals surface area (Å²) >= 11 is 6.03. The van der Waals surface area contributed by atoms with Crippen molar-refractivity contribution in [1.82, 2.24) is 14.5 Å². The zero-order valence-electron chi connectivity index (χ0n) is 12.0. The SMILES string of the molecule is COc1cccc(Cn2c(CCl)nc3ccc(C)nc32)c1. The monoisotopic (exact) mass is 301 g/mol. The van der Waals surface area contributed by atoms with Crippen LogP contribution in [0.4, 0.5) is 0 Å². The van der Waals surface area contributed by atoms with Gasteiger partial charge in [-0.05, 0) is 36.8 Å². The van der Waals surface area contributed by atoms with Crippen molar-refractivity contribution in [2.75, 3.05) is 7.11 Å². The Morgan fingerprint density at radius 2 is 2.05 bits per heavy atom. The van der Waals surface area contributed by atoms with Crippen LogP contribution < -0.4 is 4.74 Å². The number of rotatable bonds is 4. The first-order chi connectivity index (χ1) is 10.2. The van der Waals surface area contributed by atoms with E-state index in [4.69, 9.17) is 16.3 Å². The minimum absolute atomic E-state index is 0.360. The van der Waals surface area contributed by atoms with Gasteiger partial charge in [0.2, 0.25) is 0 Å². The van der Waals surface area contributed by atoms with Gasteiger partial charge in [-0.1, -0.05) is 12.1 Å². The van der Waals surface area contributed by atoms with Gasteiger partial charge in [-0.3, -0.25) is 0 Å². The lowest BCUT2D eigenvalue weighted by atomic mass is 10.2. The number of ether oxygens (including phenoxy) is 1. The van der Waals surface area contributed by atoms with Gasteiger partial charge in [0, 0.05) is 5.69 Å². The predicted molar refractivity (Wildman–Crippen MR) is 83.9 cm³/mol. The van der Waals surface area contributed by atoms with E-state index in [1.807, 2.05) is 37.3 Å². The number of pyridine rings is 1. The molecule has 5 heteroatoms. The van der Waals surface area contributed by atoms with Crippen LogP contribution in [0.25, 0.3) is 11.2 Å². The third kappa shape index (κ3) is 2.72. The summed E-state index contributed by atoms with van der Waals surface area (Å²) in [5.74, 6) is 2.03. The number of nitrogens with zero attached hydrogens (tertiary/aromatic N) is 3. The first kappa shape index (κ1) is 13.9. The third-order valence-corrected chi connectivity index (χ3v) is 3.64. The van der Waals surface area contributed by atoms with Crippen molar-refractivity contribution >= 4 is 22.8 Å². The molecular formula is C16H16ClN3O. The lowest BCUT2D eigenvalue weighted by Crippen LogP contribution is -2.05. The second-order valence-electron chi connectivity index (χ2n) is 4.89. The van der Waals surface area contributed by atoms with E-state index >= 15 is 0 Å². The minimum atomic E-state index is 0.360. The summed E-state index contributed by atoms with van der Waals surface area (Å²) in [6.45, 7) is 2.65. The van der Waals surface area contributed by atoms with Crippen LogP contribution in [0, 0.1) is 6.92 Å². The fourth-order valence-electron chi connectivity index (χ4n) is 2.36. The van der Waals surface area contributed by atoms with Crippen LogP contribution in [-0.4, -0.2) is 21.6 Å². The number of hydrogen-bond acceptors (Lipinski definition) is 3. The molecule has 21 heavy (non-hydrogen) atoms. The molecule has 0 N–H and O–H groups in total. The Morgan fingerprint density at radius 1 is 1.19 bits per heavy atom. The molecule has 0 aliphatic rings. The van der Waals surface area contributed by atoms with Gasteiger partial charge in [-0.15, -0.1) is 11.6 Å². The fraction of sp³-hybridized carbons (Fsp3) is 0.250. The van der Waals surface area contributed by atoms with Crippen molar-refractivity contribution in [3.05, 3.63) is 53.5 Å². The Hall–Kier alpha value is -2.07. The van der Waals surface area contributed by atoms with Crippen molar-refractivity contribution in [2.45, 2.75) is 19.3 Å². The second kappa shape index (κ2) is 5.74. The van der Waals surface area contributed by atoms with Gasteiger partial charge in [-0.25, -0.2) is 9.97 Å². The number of benzene rings is 1. The number of imidazole rings is 1. The number of methoxy groups -OCH3 is 1. The Kier molecular flexibility index (Phi) is 3.80. The number of hydrogen-bond donors (Lipinski definition) is 0. The van der Waals surface area contributed by atoms with Gasteiger partial charge < -0.3 is 9.30 Å². The summed E-state index contributed by atoms with van der Waals surface area (Å²) in [5.41, 5.74) is 3.84. The maximum Gasteiger partial charge on any atom is 0.160 e. The van der Waals surface area contributed by atoms with Crippen LogP contribution in [-0.2, 0) is 12.4 Å². The molecule has 0 aliphatic heterocycles. The third-order valence-electron chi connectivity index (χ3n) is 3.40. The Labute approximate surface area is 128 Å².